The van der Waals surface area contributed by atoms with Crippen molar-refractivity contribution in [2.45, 2.75) is 6.92 Å². The third-order valence-electron chi connectivity index (χ3n) is 0.972. The summed E-state index contributed by atoms with van der Waals surface area (Å²) in [6.45, 7) is 5.64. The fraction of sp³-hybridized carbons (Fsp3) is 0.111. The highest BCUT2D eigenvalue weighted by Crippen LogP contribution is 2.00. The van der Waals surface area contributed by atoms with E-state index in [1.807, 2.05) is 36.2 Å². The van der Waals surface area contributed by atoms with Gasteiger partial charge in [-0.2, -0.15) is 0 Å². The fourth-order valence-corrected chi connectivity index (χ4v) is 0.777. The average Bonchev–Trinajstić information content (AvgIpc) is 1.98. The fourth-order valence-electron chi connectivity index (χ4n) is 0.472. The smallest absolute Gasteiger partial charge is 0.0183 e. The highest BCUT2D eigenvalue weighted by Gasteiger charge is 1.77. The molecule has 10 heavy (non-hydrogen) atoms. The molecule has 54 valence electrons. The molecule has 0 saturated heterocycles. The van der Waals surface area contributed by atoms with Crippen LogP contribution in [0.2, 0.25) is 0 Å². The second-order valence-electron chi connectivity index (χ2n) is 1.69. The van der Waals surface area contributed by atoms with Crippen molar-refractivity contribution in [1.82, 2.24) is 0 Å². The number of hydrogen-bond donors (Lipinski definition) is 0. The van der Waals surface area contributed by atoms with Gasteiger partial charge in [0.25, 0.3) is 0 Å². The summed E-state index contributed by atoms with van der Waals surface area (Å²) in [6.07, 6.45) is 9.69. The summed E-state index contributed by atoms with van der Waals surface area (Å²) >= 11 is 3.19. The van der Waals surface area contributed by atoms with Crippen LogP contribution in [0.4, 0.5) is 0 Å². The van der Waals surface area contributed by atoms with E-state index < -0.39 is 0 Å². The standard InChI is InChI=1S/C9H11Br/c1-3-5-6-9(4-2)7-8-10/h3-8H,2H2,1H3/b5-3-,8-7+,9-6+. The van der Waals surface area contributed by atoms with E-state index in [1.54, 1.807) is 6.08 Å². The van der Waals surface area contributed by atoms with Crippen LogP contribution in [-0.2, 0) is 0 Å². The van der Waals surface area contributed by atoms with Crippen molar-refractivity contribution >= 4 is 15.9 Å². The summed E-state index contributed by atoms with van der Waals surface area (Å²) in [5.41, 5.74) is 1.09. The maximum absolute atomic E-state index is 3.66. The zero-order valence-corrected chi connectivity index (χ0v) is 7.64. The van der Waals surface area contributed by atoms with Crippen molar-refractivity contribution in [3.05, 3.63) is 47.5 Å². The Morgan fingerprint density at radius 1 is 1.50 bits per heavy atom. The molecule has 0 aliphatic heterocycles. The van der Waals surface area contributed by atoms with E-state index in [1.165, 1.54) is 0 Å². The van der Waals surface area contributed by atoms with Gasteiger partial charge in [0.15, 0.2) is 0 Å². The van der Waals surface area contributed by atoms with Crippen LogP contribution in [0.5, 0.6) is 0 Å². The first-order chi connectivity index (χ1) is 4.85. The molecule has 1 heteroatoms. The highest BCUT2D eigenvalue weighted by molar-refractivity contribution is 9.11. The third-order valence-corrected chi connectivity index (χ3v) is 1.24. The molecule has 0 N–H and O–H groups in total. The lowest BCUT2D eigenvalue weighted by atomic mass is 10.2. The van der Waals surface area contributed by atoms with E-state index in [4.69, 9.17) is 0 Å². The molecule has 0 unspecified atom stereocenters. The zero-order chi connectivity index (χ0) is 7.82. The molecule has 0 bridgehead atoms. The van der Waals surface area contributed by atoms with Gasteiger partial charge in [0, 0.05) is 0 Å². The molecule has 0 aromatic carbocycles. The van der Waals surface area contributed by atoms with E-state index in [0.717, 1.165) is 5.57 Å². The Morgan fingerprint density at radius 2 is 2.20 bits per heavy atom. The van der Waals surface area contributed by atoms with Crippen LogP contribution >= 0.6 is 15.9 Å². The summed E-state index contributed by atoms with van der Waals surface area (Å²) in [5.74, 6) is 0. The van der Waals surface area contributed by atoms with Crippen LogP contribution < -0.4 is 0 Å². The first-order valence-electron chi connectivity index (χ1n) is 3.07. The van der Waals surface area contributed by atoms with Crippen LogP contribution in [0, 0.1) is 0 Å². The zero-order valence-electron chi connectivity index (χ0n) is 6.05. The van der Waals surface area contributed by atoms with Crippen molar-refractivity contribution in [2.75, 3.05) is 0 Å². The Kier molecular flexibility index (Phi) is 6.19. The van der Waals surface area contributed by atoms with Gasteiger partial charge in [-0.15, -0.1) is 0 Å². The molecular formula is C9H11Br. The normalized spacial score (nSPS) is 13.2. The predicted octanol–water partition coefficient (Wildman–Crippen LogP) is 3.58. The Hall–Kier alpha value is -0.560. The first-order valence-corrected chi connectivity index (χ1v) is 3.99. The second kappa shape index (κ2) is 6.56. The molecule has 0 nitrogen and oxygen atoms in total. The van der Waals surface area contributed by atoms with Crippen LogP contribution in [0.3, 0.4) is 0 Å². The summed E-state index contributed by atoms with van der Waals surface area (Å²) in [6, 6.07) is 0. The molecular weight excluding hydrogens is 188 g/mol. The molecule has 0 aliphatic carbocycles. The van der Waals surface area contributed by atoms with E-state index in [2.05, 4.69) is 22.5 Å². The quantitative estimate of drug-likeness (QED) is 0.609. The predicted molar refractivity (Wildman–Crippen MR) is 51.2 cm³/mol. The minimum atomic E-state index is 1.09. The second-order valence-corrected chi connectivity index (χ2v) is 2.22. The van der Waals surface area contributed by atoms with Gasteiger partial charge in [0.1, 0.15) is 0 Å². The monoisotopic (exact) mass is 198 g/mol. The first kappa shape index (κ1) is 9.44. The van der Waals surface area contributed by atoms with Gasteiger partial charge in [-0.05, 0) is 23.6 Å². The number of halogens is 1. The van der Waals surface area contributed by atoms with E-state index in [-0.39, 0.29) is 0 Å². The Labute approximate surface area is 70.8 Å². The lowest BCUT2D eigenvalue weighted by molar-refractivity contribution is 1.67. The van der Waals surface area contributed by atoms with Gasteiger partial charge in [-0.1, -0.05) is 46.8 Å². The van der Waals surface area contributed by atoms with Crippen LogP contribution in [0.25, 0.3) is 0 Å². The Balaban J connectivity index is 4.17. The molecule has 0 atom stereocenters. The van der Waals surface area contributed by atoms with Crippen LogP contribution in [0.1, 0.15) is 6.92 Å². The van der Waals surface area contributed by atoms with Gasteiger partial charge >= 0.3 is 0 Å². The third kappa shape index (κ3) is 4.33. The van der Waals surface area contributed by atoms with Crippen molar-refractivity contribution in [3.63, 3.8) is 0 Å². The topological polar surface area (TPSA) is 0 Å². The summed E-state index contributed by atoms with van der Waals surface area (Å²) in [5, 5.41) is 0. The molecule has 0 spiro atoms. The molecule has 0 radical (unpaired) electrons. The lowest BCUT2D eigenvalue weighted by Crippen LogP contribution is -1.65. The largest absolute Gasteiger partial charge is 0.0985 e. The maximum Gasteiger partial charge on any atom is -0.0183 e. The van der Waals surface area contributed by atoms with Gasteiger partial charge < -0.3 is 0 Å². The molecule has 0 aliphatic rings. The number of hydrogen-bond acceptors (Lipinski definition) is 0. The SMILES string of the molecule is C=CC(/C=C/Br)=C\C=C/C. The number of rotatable bonds is 3. The van der Waals surface area contributed by atoms with Gasteiger partial charge in [0.2, 0.25) is 0 Å². The molecule has 0 heterocycles. The van der Waals surface area contributed by atoms with E-state index >= 15 is 0 Å². The minimum absolute atomic E-state index is 1.09. The average molecular weight is 199 g/mol. The summed E-state index contributed by atoms with van der Waals surface area (Å²) in [7, 11) is 0. The van der Waals surface area contributed by atoms with Crippen LogP contribution in [-0.4, -0.2) is 0 Å². The Morgan fingerprint density at radius 3 is 2.60 bits per heavy atom. The van der Waals surface area contributed by atoms with Gasteiger partial charge in [-0.25, -0.2) is 0 Å². The van der Waals surface area contributed by atoms with Crippen molar-refractivity contribution in [1.29, 1.82) is 0 Å². The number of allylic oxidation sites excluding steroid dienone is 6. The van der Waals surface area contributed by atoms with Gasteiger partial charge in [-0.3, -0.25) is 0 Å². The maximum atomic E-state index is 3.66. The summed E-state index contributed by atoms with van der Waals surface area (Å²) in [4.78, 5) is 1.81. The van der Waals surface area contributed by atoms with Crippen LogP contribution in [0.15, 0.2) is 47.5 Å². The lowest BCUT2D eigenvalue weighted by Gasteiger charge is -1.86. The summed E-state index contributed by atoms with van der Waals surface area (Å²) < 4.78 is 0. The molecule has 0 saturated carbocycles. The molecule has 0 amide bonds. The molecule has 0 fully saturated rings. The van der Waals surface area contributed by atoms with E-state index in [9.17, 15) is 0 Å². The molecule has 0 aromatic heterocycles. The molecule has 0 rings (SSSR count). The highest BCUT2D eigenvalue weighted by atomic mass is 79.9. The van der Waals surface area contributed by atoms with Crippen molar-refractivity contribution in [2.24, 2.45) is 0 Å². The van der Waals surface area contributed by atoms with Gasteiger partial charge in [0.05, 0.1) is 0 Å². The van der Waals surface area contributed by atoms with Crippen molar-refractivity contribution < 1.29 is 0 Å². The Bertz CT molecular complexity index is 173. The van der Waals surface area contributed by atoms with E-state index in [0.29, 0.717) is 0 Å². The molecule has 0 aromatic rings. The van der Waals surface area contributed by atoms with Crippen molar-refractivity contribution in [3.8, 4) is 0 Å². The minimum Gasteiger partial charge on any atom is -0.0985 e.